The minimum atomic E-state index is 0.164. The average molecular weight is 376 g/mol. The van der Waals surface area contributed by atoms with Gasteiger partial charge in [-0.1, -0.05) is 45.4 Å². The van der Waals surface area contributed by atoms with E-state index in [4.69, 9.17) is 21.7 Å². The molecule has 2 saturated heterocycles. The summed E-state index contributed by atoms with van der Waals surface area (Å²) in [5.74, 6) is 1.81. The Balaban J connectivity index is 1.78. The highest BCUT2D eigenvalue weighted by Gasteiger charge is 2.50. The zero-order valence-electron chi connectivity index (χ0n) is 16.4. The van der Waals surface area contributed by atoms with Gasteiger partial charge < -0.3 is 9.47 Å². The first-order valence-electron chi connectivity index (χ1n) is 10.4. The summed E-state index contributed by atoms with van der Waals surface area (Å²) in [5.41, 5.74) is 0. The highest BCUT2D eigenvalue weighted by Crippen LogP contribution is 2.44. The maximum Gasteiger partial charge on any atom is 0.358 e. The second kappa shape index (κ2) is 9.18. The standard InChI is InChI=1S/C22H33NO2S/c1-4-11-19-17(5-2)21(18(6-3)20-14-10-15-23(19)20)25-22(26)24-16-12-8-7-9-13-16/h7-9,12-13,17-21H,4-6,10-11,14-15H2,1-3H3/t17-,18-,19+,20-,21-/m1/s1. The van der Waals surface area contributed by atoms with Gasteiger partial charge in [0.15, 0.2) is 0 Å². The molecule has 2 heterocycles. The smallest absolute Gasteiger partial charge is 0.358 e. The van der Waals surface area contributed by atoms with Crippen molar-refractivity contribution < 1.29 is 9.47 Å². The van der Waals surface area contributed by atoms with Gasteiger partial charge in [-0.3, -0.25) is 4.90 Å². The third-order valence-electron chi connectivity index (χ3n) is 6.30. The molecule has 3 nitrogen and oxygen atoms in total. The normalized spacial score (nSPS) is 31.4. The van der Waals surface area contributed by atoms with Crippen molar-refractivity contribution in [1.29, 1.82) is 0 Å². The molecule has 1 aromatic carbocycles. The molecule has 2 fully saturated rings. The van der Waals surface area contributed by atoms with Crippen LogP contribution < -0.4 is 4.74 Å². The molecule has 1 aromatic rings. The van der Waals surface area contributed by atoms with Gasteiger partial charge in [-0.2, -0.15) is 0 Å². The molecule has 0 N–H and O–H groups in total. The minimum Gasteiger partial charge on any atom is -0.453 e. The molecule has 0 unspecified atom stereocenters. The first-order valence-corrected chi connectivity index (χ1v) is 10.8. The van der Waals surface area contributed by atoms with Crippen molar-refractivity contribution >= 4 is 17.5 Å². The van der Waals surface area contributed by atoms with E-state index >= 15 is 0 Å². The Morgan fingerprint density at radius 1 is 1.12 bits per heavy atom. The van der Waals surface area contributed by atoms with E-state index in [0.29, 0.717) is 23.9 Å². The number of ether oxygens (including phenoxy) is 2. The van der Waals surface area contributed by atoms with Crippen LogP contribution in [-0.2, 0) is 4.74 Å². The molecular weight excluding hydrogens is 342 g/mol. The Kier molecular flexibility index (Phi) is 6.93. The Labute approximate surface area is 164 Å². The van der Waals surface area contributed by atoms with Crippen LogP contribution in [0.5, 0.6) is 5.75 Å². The van der Waals surface area contributed by atoms with Crippen LogP contribution in [0.15, 0.2) is 30.3 Å². The zero-order valence-corrected chi connectivity index (χ0v) is 17.2. The van der Waals surface area contributed by atoms with E-state index in [1.54, 1.807) is 0 Å². The fourth-order valence-electron chi connectivity index (χ4n) is 5.27. The molecule has 5 atom stereocenters. The Morgan fingerprint density at radius 2 is 1.85 bits per heavy atom. The van der Waals surface area contributed by atoms with E-state index in [0.717, 1.165) is 18.6 Å². The quantitative estimate of drug-likeness (QED) is 0.618. The molecule has 2 aliphatic heterocycles. The molecule has 26 heavy (non-hydrogen) atoms. The number of hydrogen-bond acceptors (Lipinski definition) is 4. The second-order valence-electron chi connectivity index (χ2n) is 7.70. The lowest BCUT2D eigenvalue weighted by atomic mass is 9.72. The fourth-order valence-corrected chi connectivity index (χ4v) is 5.47. The van der Waals surface area contributed by atoms with Crippen LogP contribution in [0.25, 0.3) is 0 Å². The minimum absolute atomic E-state index is 0.164. The summed E-state index contributed by atoms with van der Waals surface area (Å²) < 4.78 is 12.2. The second-order valence-corrected chi connectivity index (χ2v) is 8.03. The van der Waals surface area contributed by atoms with Crippen LogP contribution in [0.4, 0.5) is 0 Å². The van der Waals surface area contributed by atoms with Gasteiger partial charge in [-0.05, 0) is 50.8 Å². The van der Waals surface area contributed by atoms with Gasteiger partial charge in [0.25, 0.3) is 0 Å². The number of fused-ring (bicyclic) bond motifs is 1. The fraction of sp³-hybridized carbons (Fsp3) is 0.682. The predicted molar refractivity (Wildman–Crippen MR) is 111 cm³/mol. The lowest BCUT2D eigenvalue weighted by Gasteiger charge is -2.51. The summed E-state index contributed by atoms with van der Waals surface area (Å²) in [5, 5.41) is 0.278. The number of piperidine rings is 1. The molecule has 0 saturated carbocycles. The van der Waals surface area contributed by atoms with E-state index in [1.165, 1.54) is 32.2 Å². The largest absolute Gasteiger partial charge is 0.453 e. The van der Waals surface area contributed by atoms with E-state index in [2.05, 4.69) is 25.7 Å². The van der Waals surface area contributed by atoms with Crippen molar-refractivity contribution in [2.24, 2.45) is 11.8 Å². The third kappa shape index (κ3) is 4.07. The van der Waals surface area contributed by atoms with E-state index in [-0.39, 0.29) is 11.3 Å². The first-order chi connectivity index (χ1) is 12.7. The molecule has 0 aliphatic carbocycles. The van der Waals surface area contributed by atoms with Gasteiger partial charge in [-0.15, -0.1) is 0 Å². The summed E-state index contributed by atoms with van der Waals surface area (Å²) in [6, 6.07) is 11.0. The maximum atomic E-state index is 6.37. The molecule has 0 aromatic heterocycles. The molecule has 0 radical (unpaired) electrons. The Morgan fingerprint density at radius 3 is 2.50 bits per heavy atom. The van der Waals surface area contributed by atoms with Gasteiger partial charge in [0.2, 0.25) is 0 Å². The van der Waals surface area contributed by atoms with Crippen molar-refractivity contribution in [3.05, 3.63) is 30.3 Å². The molecule has 4 heteroatoms. The summed E-state index contributed by atoms with van der Waals surface area (Å²) in [4.78, 5) is 2.80. The van der Waals surface area contributed by atoms with Crippen molar-refractivity contribution in [3.63, 3.8) is 0 Å². The van der Waals surface area contributed by atoms with Crippen molar-refractivity contribution in [2.45, 2.75) is 77.5 Å². The molecule has 144 valence electrons. The third-order valence-corrected chi connectivity index (χ3v) is 6.48. The Bertz CT molecular complexity index is 579. The van der Waals surface area contributed by atoms with Gasteiger partial charge in [0.1, 0.15) is 11.9 Å². The van der Waals surface area contributed by atoms with Crippen LogP contribution in [0, 0.1) is 11.8 Å². The summed E-state index contributed by atoms with van der Waals surface area (Å²) in [6.45, 7) is 8.14. The number of nitrogens with zero attached hydrogens (tertiary/aromatic N) is 1. The van der Waals surface area contributed by atoms with Crippen molar-refractivity contribution in [3.8, 4) is 5.75 Å². The molecular formula is C22H33NO2S. The highest BCUT2D eigenvalue weighted by molar-refractivity contribution is 7.79. The van der Waals surface area contributed by atoms with E-state index in [9.17, 15) is 0 Å². The van der Waals surface area contributed by atoms with E-state index < -0.39 is 0 Å². The van der Waals surface area contributed by atoms with Gasteiger partial charge in [0, 0.05) is 36.1 Å². The van der Waals surface area contributed by atoms with Gasteiger partial charge in [-0.25, -0.2) is 0 Å². The zero-order chi connectivity index (χ0) is 18.5. The van der Waals surface area contributed by atoms with Crippen LogP contribution in [-0.4, -0.2) is 34.9 Å². The van der Waals surface area contributed by atoms with Crippen LogP contribution >= 0.6 is 12.2 Å². The van der Waals surface area contributed by atoms with Gasteiger partial charge in [0.05, 0.1) is 0 Å². The predicted octanol–water partition coefficient (Wildman–Crippen LogP) is 5.43. The van der Waals surface area contributed by atoms with Crippen molar-refractivity contribution in [1.82, 2.24) is 4.90 Å². The molecule has 0 bridgehead atoms. The average Bonchev–Trinajstić information content (AvgIpc) is 3.12. The lowest BCUT2D eigenvalue weighted by molar-refractivity contribution is -0.0814. The number of para-hydroxylation sites is 1. The number of hydrogen-bond donors (Lipinski definition) is 0. The Hall–Kier alpha value is -1.13. The van der Waals surface area contributed by atoms with Crippen LogP contribution in [0.3, 0.4) is 0 Å². The van der Waals surface area contributed by atoms with Crippen LogP contribution in [0.2, 0.25) is 0 Å². The summed E-state index contributed by atoms with van der Waals surface area (Å²) in [7, 11) is 0. The molecule has 0 amide bonds. The molecule has 0 spiro atoms. The monoisotopic (exact) mass is 375 g/mol. The van der Waals surface area contributed by atoms with Gasteiger partial charge >= 0.3 is 5.24 Å². The maximum absolute atomic E-state index is 6.37. The lowest BCUT2D eigenvalue weighted by Crippen LogP contribution is -2.59. The first kappa shape index (κ1) is 19.6. The van der Waals surface area contributed by atoms with E-state index in [1.807, 2.05) is 30.3 Å². The summed E-state index contributed by atoms with van der Waals surface area (Å²) in [6.07, 6.45) is 7.50. The van der Waals surface area contributed by atoms with Crippen LogP contribution in [0.1, 0.15) is 59.3 Å². The SMILES string of the molecule is CCC[C@H]1[C@@H](CC)[C@@H](OC(=S)Oc2ccccc2)[C@H](CC)[C@H]2CCCN21. The van der Waals surface area contributed by atoms with Crippen molar-refractivity contribution in [2.75, 3.05) is 6.54 Å². The molecule has 3 rings (SSSR count). The summed E-state index contributed by atoms with van der Waals surface area (Å²) >= 11 is 5.48. The highest BCUT2D eigenvalue weighted by atomic mass is 32.1. The topological polar surface area (TPSA) is 21.7 Å². The number of thiocarbonyl (C=S) groups is 1. The number of benzene rings is 1. The number of rotatable bonds is 6. The molecule has 2 aliphatic rings.